The summed E-state index contributed by atoms with van der Waals surface area (Å²) in [6.07, 6.45) is -1.61. The van der Waals surface area contributed by atoms with E-state index < -0.39 is 54.4 Å². The van der Waals surface area contributed by atoms with E-state index in [0.29, 0.717) is 34.3 Å². The number of pyridine rings is 1. The number of halogens is 4. The average molecular weight is 784 g/mol. The van der Waals surface area contributed by atoms with Gasteiger partial charge in [0.05, 0.1) is 40.3 Å². The normalized spacial score (nSPS) is 20.5. The van der Waals surface area contributed by atoms with Crippen LogP contribution in [-0.4, -0.2) is 110 Å². The molecule has 2 aromatic heterocycles. The molecule has 55 heavy (non-hydrogen) atoms. The first kappa shape index (κ1) is 40.1. The molecule has 6 rings (SSSR count). The molecule has 5 atom stereocenters. The Kier molecular flexibility index (Phi) is 12.5. The number of aliphatic hydroxyl groups excluding tert-OH is 2. The van der Waals surface area contributed by atoms with Crippen LogP contribution in [0.4, 0.5) is 13.2 Å². The fourth-order valence-electron chi connectivity index (χ4n) is 7.23. The van der Waals surface area contributed by atoms with Crippen molar-refractivity contribution in [2.45, 2.75) is 62.7 Å². The Labute approximate surface area is 322 Å². The van der Waals surface area contributed by atoms with Crippen molar-refractivity contribution in [3.8, 4) is 11.4 Å². The van der Waals surface area contributed by atoms with E-state index in [2.05, 4.69) is 10.3 Å². The van der Waals surface area contributed by atoms with Gasteiger partial charge < -0.3 is 25.6 Å². The Morgan fingerprint density at radius 1 is 1.05 bits per heavy atom. The van der Waals surface area contributed by atoms with Crippen LogP contribution < -0.4 is 15.4 Å². The zero-order valence-electron chi connectivity index (χ0n) is 30.5. The van der Waals surface area contributed by atoms with Crippen molar-refractivity contribution >= 4 is 23.4 Å². The number of nitrogens with one attached hydrogen (secondary N) is 2. The maximum Gasteiger partial charge on any atom is 0.405 e. The molecule has 0 saturated carbocycles. The van der Waals surface area contributed by atoms with E-state index in [-0.39, 0.29) is 45.0 Å². The van der Waals surface area contributed by atoms with Gasteiger partial charge in [0.25, 0.3) is 0 Å². The van der Waals surface area contributed by atoms with Gasteiger partial charge in [0, 0.05) is 50.1 Å². The molecule has 2 aliphatic heterocycles. The summed E-state index contributed by atoms with van der Waals surface area (Å²) >= 11 is 6.13. The lowest BCUT2D eigenvalue weighted by Crippen LogP contribution is -2.63. The lowest BCUT2D eigenvalue weighted by Gasteiger charge is -2.47. The molecule has 2 aromatic carbocycles. The Bertz CT molecular complexity index is 1930. The second-order valence-electron chi connectivity index (χ2n) is 14.5. The summed E-state index contributed by atoms with van der Waals surface area (Å²) in [4.78, 5) is 35.2. The number of benzene rings is 2. The minimum atomic E-state index is -4.62. The number of aliphatic hydroxyl groups is 2. The van der Waals surface area contributed by atoms with Gasteiger partial charge in [0.2, 0.25) is 11.8 Å². The van der Waals surface area contributed by atoms with E-state index >= 15 is 0 Å². The summed E-state index contributed by atoms with van der Waals surface area (Å²) in [6, 6.07) is 18.2. The molecular formula is C39H45ClF3N7O5. The second-order valence-corrected chi connectivity index (χ2v) is 15.0. The highest BCUT2D eigenvalue weighted by Gasteiger charge is 2.42. The molecule has 0 unspecified atom stereocenters. The minimum Gasteiger partial charge on any atom is -0.490 e. The fraction of sp³-hybridized carbons (Fsp3) is 0.436. The summed E-state index contributed by atoms with van der Waals surface area (Å²) in [6.45, 7) is 2.96. The van der Waals surface area contributed by atoms with E-state index in [4.69, 9.17) is 21.4 Å². The molecule has 16 heteroatoms. The molecule has 0 spiro atoms. The molecule has 0 radical (unpaired) electrons. The predicted molar refractivity (Wildman–Crippen MR) is 198 cm³/mol. The number of amides is 2. The maximum atomic E-state index is 14.0. The molecule has 1 saturated heterocycles. The number of nitrogens with zero attached hydrogens (tertiary/aromatic N) is 5. The van der Waals surface area contributed by atoms with Crippen molar-refractivity contribution in [2.24, 2.45) is 5.92 Å². The molecule has 2 aliphatic rings. The number of para-hydroxylation sites is 1. The number of β-amino-alcohol motifs (C(OH)–C–C–N with tert-alkyl or cyclic N) is 1. The number of carbonyl (C=O) groups is 2. The Hall–Kier alpha value is -4.54. The van der Waals surface area contributed by atoms with Crippen molar-refractivity contribution in [3.63, 3.8) is 0 Å². The van der Waals surface area contributed by atoms with E-state index in [1.165, 1.54) is 6.20 Å². The van der Waals surface area contributed by atoms with Crippen LogP contribution in [0.5, 0.6) is 5.75 Å². The number of hydrogen-bond acceptors (Lipinski definition) is 9. The quantitative estimate of drug-likeness (QED) is 0.158. The zero-order valence-corrected chi connectivity index (χ0v) is 31.2. The number of rotatable bonds is 13. The van der Waals surface area contributed by atoms with Gasteiger partial charge in [0.1, 0.15) is 31.0 Å². The van der Waals surface area contributed by atoms with Crippen molar-refractivity contribution < 1.29 is 37.7 Å². The first-order chi connectivity index (χ1) is 26.2. The highest BCUT2D eigenvalue weighted by molar-refractivity contribution is 6.30. The second kappa shape index (κ2) is 17.1. The number of carbonyl (C=O) groups excluding carboxylic acids is 2. The van der Waals surface area contributed by atoms with Crippen molar-refractivity contribution in [3.05, 3.63) is 107 Å². The lowest BCUT2D eigenvalue weighted by molar-refractivity contribution is -0.144. The molecule has 0 bridgehead atoms. The van der Waals surface area contributed by atoms with E-state index in [1.807, 2.05) is 60.5 Å². The largest absolute Gasteiger partial charge is 0.490 e. The Balaban J connectivity index is 1.19. The third-order valence-electron chi connectivity index (χ3n) is 10.3. The third kappa shape index (κ3) is 10.0. The van der Waals surface area contributed by atoms with Crippen LogP contribution in [0.2, 0.25) is 5.02 Å². The summed E-state index contributed by atoms with van der Waals surface area (Å²) in [5, 5.41) is 32.6. The van der Waals surface area contributed by atoms with Crippen molar-refractivity contribution in [1.82, 2.24) is 35.2 Å². The van der Waals surface area contributed by atoms with Gasteiger partial charge in [0.15, 0.2) is 0 Å². The van der Waals surface area contributed by atoms with Crippen LogP contribution in [0.3, 0.4) is 0 Å². The van der Waals surface area contributed by atoms with Crippen LogP contribution in [-0.2, 0) is 21.5 Å². The molecule has 1 fully saturated rings. The number of ether oxygens (including phenoxy) is 1. The SMILES string of the molecule is CC(C)(c1ccn(-c2cncc(Cl)c2)n1)N1CCN(C[C@@H](O)C[C@@H](Cc2ccccc2)C(=O)N[C@H]2c3ccccc3OC[C@H]2O)[C@H](C(=O)NCC(F)(F)F)C1. The monoisotopic (exact) mass is 783 g/mol. The summed E-state index contributed by atoms with van der Waals surface area (Å²) < 4.78 is 47.0. The number of aromatic nitrogens is 3. The van der Waals surface area contributed by atoms with Crippen LogP contribution in [0.25, 0.3) is 5.69 Å². The molecular weight excluding hydrogens is 739 g/mol. The summed E-state index contributed by atoms with van der Waals surface area (Å²) in [5.74, 6) is -1.40. The van der Waals surface area contributed by atoms with Gasteiger partial charge in [-0.25, -0.2) is 4.68 Å². The number of fused-ring (bicyclic) bond motifs is 1. The minimum absolute atomic E-state index is 0.00419. The Morgan fingerprint density at radius 3 is 2.55 bits per heavy atom. The summed E-state index contributed by atoms with van der Waals surface area (Å²) in [5.41, 5.74) is 2.04. The number of alkyl halides is 3. The smallest absolute Gasteiger partial charge is 0.405 e. The molecule has 12 nitrogen and oxygen atoms in total. The van der Waals surface area contributed by atoms with Gasteiger partial charge >= 0.3 is 6.18 Å². The third-order valence-corrected chi connectivity index (χ3v) is 10.5. The average Bonchev–Trinajstić information content (AvgIpc) is 3.67. The van der Waals surface area contributed by atoms with Crippen molar-refractivity contribution in [1.29, 1.82) is 0 Å². The lowest BCUT2D eigenvalue weighted by atomic mass is 9.90. The highest BCUT2D eigenvalue weighted by Crippen LogP contribution is 2.33. The first-order valence-electron chi connectivity index (χ1n) is 18.1. The van der Waals surface area contributed by atoms with Crippen LogP contribution >= 0.6 is 11.6 Å². The molecule has 4 N–H and O–H groups in total. The molecule has 4 heterocycles. The van der Waals surface area contributed by atoms with Crippen LogP contribution in [0.15, 0.2) is 85.3 Å². The van der Waals surface area contributed by atoms with Gasteiger partial charge in [-0.05, 0) is 50.5 Å². The van der Waals surface area contributed by atoms with E-state index in [0.717, 1.165) is 5.56 Å². The molecule has 2 amide bonds. The Morgan fingerprint density at radius 2 is 1.80 bits per heavy atom. The number of piperazine rings is 1. The fourth-order valence-corrected chi connectivity index (χ4v) is 7.40. The van der Waals surface area contributed by atoms with Gasteiger partial charge in [-0.3, -0.25) is 24.4 Å². The molecule has 0 aliphatic carbocycles. The standard InChI is InChI=1S/C39H45ClF3N7O5/c1-38(2,34-12-13-50(47-34)28-18-27(40)19-44-20-28)49-15-14-48(31(22-49)37(54)45-24-39(41,42)43)21-29(51)17-26(16-25-8-4-3-5-9-25)36(53)46-35-30-10-6-7-11-33(30)55-23-32(35)52/h3-13,18-20,26,29,31-32,35,51-52H,14-17,21-24H2,1-2H3,(H,45,54)(H,46,53)/t26-,29+,31+,32-,35+/m1/s1. The van der Waals surface area contributed by atoms with Gasteiger partial charge in [-0.2, -0.15) is 18.3 Å². The van der Waals surface area contributed by atoms with Gasteiger partial charge in [-0.1, -0.05) is 60.1 Å². The topological polar surface area (TPSA) is 145 Å². The van der Waals surface area contributed by atoms with E-state index in [9.17, 15) is 33.0 Å². The predicted octanol–water partition coefficient (Wildman–Crippen LogP) is 4.04. The summed E-state index contributed by atoms with van der Waals surface area (Å²) in [7, 11) is 0. The molecule has 294 valence electrons. The highest BCUT2D eigenvalue weighted by atomic mass is 35.5. The maximum absolute atomic E-state index is 14.0. The van der Waals surface area contributed by atoms with Gasteiger partial charge in [-0.15, -0.1) is 0 Å². The van der Waals surface area contributed by atoms with Crippen LogP contribution in [0, 0.1) is 5.92 Å². The van der Waals surface area contributed by atoms with E-state index in [1.54, 1.807) is 52.3 Å². The zero-order chi connectivity index (χ0) is 39.3. The molecule has 4 aromatic rings. The van der Waals surface area contributed by atoms with Crippen LogP contribution in [0.1, 0.15) is 43.1 Å². The first-order valence-corrected chi connectivity index (χ1v) is 18.5. The van der Waals surface area contributed by atoms with Crippen molar-refractivity contribution in [2.75, 3.05) is 39.3 Å². The number of hydrogen-bond donors (Lipinski definition) is 4.